The van der Waals surface area contributed by atoms with Crippen molar-refractivity contribution in [3.05, 3.63) is 11.6 Å². The van der Waals surface area contributed by atoms with Gasteiger partial charge in [-0.05, 0) is 18.8 Å². The van der Waals surface area contributed by atoms with E-state index in [2.05, 4.69) is 31.0 Å². The lowest BCUT2D eigenvalue weighted by Crippen LogP contribution is -2.56. The molecule has 0 spiro atoms. The Balaban J connectivity index is 2.52. The predicted octanol–water partition coefficient (Wildman–Crippen LogP) is 2.84. The van der Waals surface area contributed by atoms with Crippen LogP contribution in [-0.4, -0.2) is 36.6 Å². The van der Waals surface area contributed by atoms with Crippen LogP contribution >= 0.6 is 11.6 Å². The van der Waals surface area contributed by atoms with Crippen LogP contribution in [-0.2, 0) is 0 Å². The van der Waals surface area contributed by atoms with E-state index in [1.807, 2.05) is 6.08 Å². The Kier molecular flexibility index (Phi) is 6.40. The van der Waals surface area contributed by atoms with Gasteiger partial charge < -0.3 is 5.32 Å². The van der Waals surface area contributed by atoms with Crippen molar-refractivity contribution in [2.75, 3.05) is 19.6 Å². The van der Waals surface area contributed by atoms with Crippen molar-refractivity contribution in [3.8, 4) is 0 Å². The maximum atomic E-state index is 5.62. The Labute approximate surface area is 105 Å². The minimum atomic E-state index is 0.645. The Morgan fingerprint density at radius 3 is 2.81 bits per heavy atom. The van der Waals surface area contributed by atoms with E-state index in [1.165, 1.54) is 12.8 Å². The highest BCUT2D eigenvalue weighted by atomic mass is 35.5. The van der Waals surface area contributed by atoms with Gasteiger partial charge >= 0.3 is 0 Å². The fourth-order valence-corrected chi connectivity index (χ4v) is 2.46. The molecule has 3 heteroatoms. The minimum Gasteiger partial charge on any atom is -0.311 e. The molecule has 1 aliphatic rings. The first-order valence-electron chi connectivity index (χ1n) is 6.40. The van der Waals surface area contributed by atoms with Crippen LogP contribution in [0.25, 0.3) is 0 Å². The molecule has 2 unspecified atom stereocenters. The molecule has 1 heterocycles. The zero-order chi connectivity index (χ0) is 12.0. The summed E-state index contributed by atoms with van der Waals surface area (Å²) in [6.45, 7) is 10.1. The van der Waals surface area contributed by atoms with Crippen molar-refractivity contribution < 1.29 is 0 Å². The number of hydrogen-bond donors (Lipinski definition) is 1. The van der Waals surface area contributed by atoms with Crippen LogP contribution in [0.3, 0.4) is 0 Å². The molecule has 0 aromatic rings. The third-order valence-electron chi connectivity index (χ3n) is 3.28. The maximum absolute atomic E-state index is 5.62. The Morgan fingerprint density at radius 2 is 2.25 bits per heavy atom. The molecule has 0 aromatic carbocycles. The standard InChI is InChI=1S/C13H25ClN2/c1-4-12-10-16(7-5-6-14)13(9-15-12)8-11(2)3/h5-6,11-13,15H,4,7-10H2,1-3H3/b6-5+. The van der Waals surface area contributed by atoms with Crippen LogP contribution in [0.15, 0.2) is 11.6 Å². The van der Waals surface area contributed by atoms with Crippen LogP contribution in [0, 0.1) is 5.92 Å². The topological polar surface area (TPSA) is 15.3 Å². The normalized spacial score (nSPS) is 28.1. The highest BCUT2D eigenvalue weighted by Crippen LogP contribution is 2.16. The van der Waals surface area contributed by atoms with Gasteiger partial charge in [0.1, 0.15) is 0 Å². The monoisotopic (exact) mass is 244 g/mol. The van der Waals surface area contributed by atoms with E-state index in [0.717, 1.165) is 25.6 Å². The molecule has 16 heavy (non-hydrogen) atoms. The molecule has 1 rings (SSSR count). The number of nitrogens with zero attached hydrogens (tertiary/aromatic N) is 1. The van der Waals surface area contributed by atoms with Gasteiger partial charge in [-0.3, -0.25) is 4.90 Å². The summed E-state index contributed by atoms with van der Waals surface area (Å²) in [6, 6.07) is 1.31. The fourth-order valence-electron chi connectivity index (χ4n) is 2.38. The maximum Gasteiger partial charge on any atom is 0.0227 e. The van der Waals surface area contributed by atoms with Crippen LogP contribution in [0.2, 0.25) is 0 Å². The summed E-state index contributed by atoms with van der Waals surface area (Å²) in [5.74, 6) is 0.757. The van der Waals surface area contributed by atoms with Gasteiger partial charge in [0, 0.05) is 37.3 Å². The molecule has 0 bridgehead atoms. The summed E-state index contributed by atoms with van der Waals surface area (Å²) >= 11 is 5.62. The molecule has 1 aliphatic heterocycles. The van der Waals surface area contributed by atoms with Crippen LogP contribution in [0.5, 0.6) is 0 Å². The summed E-state index contributed by atoms with van der Waals surface area (Å²) < 4.78 is 0. The van der Waals surface area contributed by atoms with Gasteiger partial charge in [-0.2, -0.15) is 0 Å². The molecule has 1 saturated heterocycles. The lowest BCUT2D eigenvalue weighted by Gasteiger charge is -2.40. The fraction of sp³-hybridized carbons (Fsp3) is 0.846. The summed E-state index contributed by atoms with van der Waals surface area (Å²) in [7, 11) is 0. The second-order valence-electron chi connectivity index (χ2n) is 5.11. The van der Waals surface area contributed by atoms with Crippen molar-refractivity contribution in [2.24, 2.45) is 5.92 Å². The van der Waals surface area contributed by atoms with E-state index in [4.69, 9.17) is 11.6 Å². The number of rotatable bonds is 5. The first kappa shape index (κ1) is 14.0. The van der Waals surface area contributed by atoms with E-state index >= 15 is 0 Å². The zero-order valence-electron chi connectivity index (χ0n) is 10.7. The van der Waals surface area contributed by atoms with Crippen LogP contribution in [0.4, 0.5) is 0 Å². The van der Waals surface area contributed by atoms with Crippen molar-refractivity contribution in [1.82, 2.24) is 10.2 Å². The molecule has 0 aromatic heterocycles. The lowest BCUT2D eigenvalue weighted by atomic mass is 9.98. The van der Waals surface area contributed by atoms with E-state index < -0.39 is 0 Å². The first-order valence-corrected chi connectivity index (χ1v) is 6.83. The molecule has 1 N–H and O–H groups in total. The van der Waals surface area contributed by atoms with Crippen molar-refractivity contribution >= 4 is 11.6 Å². The molecular formula is C13H25ClN2. The molecular weight excluding hydrogens is 220 g/mol. The average molecular weight is 245 g/mol. The highest BCUT2D eigenvalue weighted by molar-refractivity contribution is 6.25. The van der Waals surface area contributed by atoms with Crippen molar-refractivity contribution in [2.45, 2.75) is 45.7 Å². The third-order valence-corrected chi connectivity index (χ3v) is 3.46. The summed E-state index contributed by atoms with van der Waals surface area (Å²) in [6.07, 6.45) is 4.52. The van der Waals surface area contributed by atoms with E-state index in [1.54, 1.807) is 5.54 Å². The van der Waals surface area contributed by atoms with Crippen LogP contribution in [0.1, 0.15) is 33.6 Å². The summed E-state index contributed by atoms with van der Waals surface area (Å²) in [5.41, 5.74) is 1.63. The second-order valence-corrected chi connectivity index (χ2v) is 5.36. The van der Waals surface area contributed by atoms with Gasteiger partial charge in [0.15, 0.2) is 0 Å². The third kappa shape index (κ3) is 4.44. The largest absolute Gasteiger partial charge is 0.311 e. The molecule has 2 nitrogen and oxygen atoms in total. The van der Waals surface area contributed by atoms with Crippen molar-refractivity contribution in [3.63, 3.8) is 0 Å². The number of nitrogens with one attached hydrogen (secondary N) is 1. The number of halogens is 1. The number of hydrogen-bond acceptors (Lipinski definition) is 2. The molecule has 1 fully saturated rings. The highest BCUT2D eigenvalue weighted by Gasteiger charge is 2.26. The predicted molar refractivity (Wildman–Crippen MR) is 71.9 cm³/mol. The Morgan fingerprint density at radius 1 is 1.50 bits per heavy atom. The average Bonchev–Trinajstić information content (AvgIpc) is 2.27. The molecule has 0 aliphatic carbocycles. The molecule has 2 atom stereocenters. The SMILES string of the molecule is CCC1CN(C/C=C/Cl)C(CC(C)C)CN1. The second kappa shape index (κ2) is 7.31. The van der Waals surface area contributed by atoms with Gasteiger partial charge in [-0.15, -0.1) is 0 Å². The number of piperazine rings is 1. The van der Waals surface area contributed by atoms with E-state index in [9.17, 15) is 0 Å². The first-order chi connectivity index (χ1) is 7.67. The van der Waals surface area contributed by atoms with Gasteiger partial charge in [0.25, 0.3) is 0 Å². The zero-order valence-corrected chi connectivity index (χ0v) is 11.5. The van der Waals surface area contributed by atoms with E-state index in [-0.39, 0.29) is 0 Å². The van der Waals surface area contributed by atoms with E-state index in [0.29, 0.717) is 12.1 Å². The molecule has 0 amide bonds. The van der Waals surface area contributed by atoms with Gasteiger partial charge in [0.05, 0.1) is 0 Å². The lowest BCUT2D eigenvalue weighted by molar-refractivity contribution is 0.126. The smallest absolute Gasteiger partial charge is 0.0227 e. The summed E-state index contributed by atoms with van der Waals surface area (Å²) in [5, 5.41) is 3.63. The Hall–Kier alpha value is -0.0500. The quantitative estimate of drug-likeness (QED) is 0.800. The van der Waals surface area contributed by atoms with Gasteiger partial charge in [0.2, 0.25) is 0 Å². The van der Waals surface area contributed by atoms with Crippen molar-refractivity contribution in [1.29, 1.82) is 0 Å². The Bertz CT molecular complexity index is 216. The van der Waals surface area contributed by atoms with Crippen LogP contribution < -0.4 is 5.32 Å². The van der Waals surface area contributed by atoms with Gasteiger partial charge in [-0.25, -0.2) is 0 Å². The van der Waals surface area contributed by atoms with Gasteiger partial charge in [-0.1, -0.05) is 38.4 Å². The summed E-state index contributed by atoms with van der Waals surface area (Å²) in [4.78, 5) is 2.56. The minimum absolute atomic E-state index is 0.645. The molecule has 94 valence electrons. The molecule has 0 saturated carbocycles. The molecule has 0 radical (unpaired) electrons.